The van der Waals surface area contributed by atoms with Crippen LogP contribution >= 0.6 is 55.1 Å². The SMILES string of the molecule is ClCCN(CCCl)CC(Br)CBr. The van der Waals surface area contributed by atoms with Gasteiger partial charge in [-0.05, 0) is 0 Å². The second-order valence-electron chi connectivity index (χ2n) is 2.43. The van der Waals surface area contributed by atoms with E-state index < -0.39 is 0 Å². The lowest BCUT2D eigenvalue weighted by Gasteiger charge is -2.21. The van der Waals surface area contributed by atoms with Crippen LogP contribution in [0.5, 0.6) is 0 Å². The van der Waals surface area contributed by atoms with E-state index in [9.17, 15) is 0 Å². The number of halogens is 4. The number of alkyl halides is 4. The van der Waals surface area contributed by atoms with Gasteiger partial charge in [0.25, 0.3) is 0 Å². The first-order chi connectivity index (χ1) is 5.74. The molecule has 0 bridgehead atoms. The van der Waals surface area contributed by atoms with Gasteiger partial charge in [-0.2, -0.15) is 0 Å². The van der Waals surface area contributed by atoms with Crippen LogP contribution in [0.2, 0.25) is 0 Å². The molecule has 0 N–H and O–H groups in total. The highest BCUT2D eigenvalue weighted by Crippen LogP contribution is 2.06. The van der Waals surface area contributed by atoms with E-state index >= 15 is 0 Å². The van der Waals surface area contributed by atoms with Gasteiger partial charge < -0.3 is 0 Å². The van der Waals surface area contributed by atoms with E-state index in [-0.39, 0.29) is 0 Å². The van der Waals surface area contributed by atoms with Gasteiger partial charge in [-0.15, -0.1) is 23.2 Å². The lowest BCUT2D eigenvalue weighted by atomic mass is 10.4. The van der Waals surface area contributed by atoms with Crippen LogP contribution in [0, 0.1) is 0 Å². The number of hydrogen-bond donors (Lipinski definition) is 0. The summed E-state index contributed by atoms with van der Waals surface area (Å²) in [6, 6.07) is 0. The van der Waals surface area contributed by atoms with Crippen LogP contribution < -0.4 is 0 Å². The molecule has 0 spiro atoms. The molecule has 0 aliphatic carbocycles. The predicted molar refractivity (Wildman–Crippen MR) is 64.4 cm³/mol. The quantitative estimate of drug-likeness (QED) is 0.644. The van der Waals surface area contributed by atoms with Gasteiger partial charge in [0, 0.05) is 41.6 Å². The van der Waals surface area contributed by atoms with Crippen LogP contribution in [0.1, 0.15) is 0 Å². The second-order valence-corrected chi connectivity index (χ2v) is 5.13. The molecule has 0 heterocycles. The van der Waals surface area contributed by atoms with Crippen LogP contribution in [0.25, 0.3) is 0 Å². The Hall–Kier alpha value is 1.50. The first-order valence-electron chi connectivity index (χ1n) is 3.79. The highest BCUT2D eigenvalue weighted by atomic mass is 79.9. The van der Waals surface area contributed by atoms with Gasteiger partial charge in [-0.1, -0.05) is 31.9 Å². The highest BCUT2D eigenvalue weighted by Gasteiger charge is 2.08. The summed E-state index contributed by atoms with van der Waals surface area (Å²) in [6.45, 7) is 2.80. The maximum Gasteiger partial charge on any atom is 0.0370 e. The summed E-state index contributed by atoms with van der Waals surface area (Å²) >= 11 is 18.2. The van der Waals surface area contributed by atoms with Gasteiger partial charge in [0.15, 0.2) is 0 Å². The number of hydrogen-bond acceptors (Lipinski definition) is 1. The summed E-state index contributed by atoms with van der Waals surface area (Å²) in [5, 5.41) is 0.952. The third-order valence-corrected chi connectivity index (χ3v) is 4.03. The lowest BCUT2D eigenvalue weighted by Crippen LogP contribution is -2.33. The first kappa shape index (κ1) is 13.5. The molecule has 0 radical (unpaired) electrons. The zero-order valence-electron chi connectivity index (χ0n) is 6.78. The average Bonchev–Trinajstić information content (AvgIpc) is 2.05. The number of nitrogens with zero attached hydrogens (tertiary/aromatic N) is 1. The van der Waals surface area contributed by atoms with Crippen molar-refractivity contribution in [3.05, 3.63) is 0 Å². The highest BCUT2D eigenvalue weighted by molar-refractivity contribution is 9.12. The fourth-order valence-corrected chi connectivity index (χ4v) is 1.95. The van der Waals surface area contributed by atoms with Crippen molar-refractivity contribution in [1.29, 1.82) is 0 Å². The summed E-state index contributed by atoms with van der Waals surface area (Å²) < 4.78 is 0. The molecule has 0 aliphatic heterocycles. The Kier molecular flexibility index (Phi) is 10.2. The molecule has 1 unspecified atom stereocenters. The third kappa shape index (κ3) is 6.96. The summed E-state index contributed by atoms with van der Waals surface area (Å²) in [5.41, 5.74) is 0. The molecule has 0 aromatic rings. The van der Waals surface area contributed by atoms with Gasteiger partial charge in [-0.3, -0.25) is 4.90 Å². The maximum atomic E-state index is 5.65. The summed E-state index contributed by atoms with van der Waals surface area (Å²) in [6.07, 6.45) is 0. The van der Waals surface area contributed by atoms with Crippen molar-refractivity contribution in [3.63, 3.8) is 0 Å². The smallest absolute Gasteiger partial charge is 0.0370 e. The molecule has 0 aromatic carbocycles. The lowest BCUT2D eigenvalue weighted by molar-refractivity contribution is 0.314. The van der Waals surface area contributed by atoms with E-state index in [1.807, 2.05) is 0 Å². The second kappa shape index (κ2) is 9.07. The zero-order chi connectivity index (χ0) is 9.40. The van der Waals surface area contributed by atoms with Gasteiger partial charge in [0.2, 0.25) is 0 Å². The molecule has 0 saturated carbocycles. The van der Waals surface area contributed by atoms with Gasteiger partial charge in [0.1, 0.15) is 0 Å². The van der Waals surface area contributed by atoms with Crippen molar-refractivity contribution >= 4 is 55.1 Å². The molecule has 1 nitrogen and oxygen atoms in total. The van der Waals surface area contributed by atoms with Gasteiger partial charge in [-0.25, -0.2) is 0 Å². The normalized spacial score (nSPS) is 13.8. The van der Waals surface area contributed by atoms with Crippen LogP contribution in [0.15, 0.2) is 0 Å². The summed E-state index contributed by atoms with van der Waals surface area (Å²) in [5.74, 6) is 1.33. The predicted octanol–water partition coefficient (Wildman–Crippen LogP) is 2.92. The molecule has 74 valence electrons. The Morgan fingerprint density at radius 3 is 2.00 bits per heavy atom. The van der Waals surface area contributed by atoms with Gasteiger partial charge in [0.05, 0.1) is 0 Å². The summed E-state index contributed by atoms with van der Waals surface area (Å²) in [7, 11) is 0. The molecule has 0 aromatic heterocycles. The van der Waals surface area contributed by atoms with Crippen LogP contribution in [-0.4, -0.2) is 46.5 Å². The first-order valence-corrected chi connectivity index (χ1v) is 6.89. The molecule has 0 saturated heterocycles. The fraction of sp³-hybridized carbons (Fsp3) is 1.00. The van der Waals surface area contributed by atoms with Crippen molar-refractivity contribution in [1.82, 2.24) is 4.90 Å². The summed E-state index contributed by atoms with van der Waals surface area (Å²) in [4.78, 5) is 2.73. The maximum absolute atomic E-state index is 5.65. The molecular formula is C7H13Br2Cl2N. The molecule has 1 atom stereocenters. The Labute approximate surface area is 101 Å². The average molecular weight is 342 g/mol. The minimum atomic E-state index is 0.476. The largest absolute Gasteiger partial charge is 0.300 e. The van der Waals surface area contributed by atoms with E-state index in [1.165, 1.54) is 0 Å². The molecule has 0 fully saturated rings. The van der Waals surface area contributed by atoms with E-state index in [0.29, 0.717) is 16.6 Å². The fourth-order valence-electron chi connectivity index (χ4n) is 0.862. The van der Waals surface area contributed by atoms with Crippen molar-refractivity contribution in [2.75, 3.05) is 36.7 Å². The van der Waals surface area contributed by atoms with Crippen LogP contribution in [0.3, 0.4) is 0 Å². The van der Waals surface area contributed by atoms with E-state index in [2.05, 4.69) is 36.8 Å². The molecule has 0 amide bonds. The third-order valence-electron chi connectivity index (χ3n) is 1.43. The minimum absolute atomic E-state index is 0.476. The molecular weight excluding hydrogens is 329 g/mol. The van der Waals surface area contributed by atoms with E-state index in [0.717, 1.165) is 25.0 Å². The van der Waals surface area contributed by atoms with Crippen molar-refractivity contribution < 1.29 is 0 Å². The van der Waals surface area contributed by atoms with Crippen molar-refractivity contribution in [3.8, 4) is 0 Å². The molecule has 12 heavy (non-hydrogen) atoms. The minimum Gasteiger partial charge on any atom is -0.300 e. The molecule has 5 heteroatoms. The van der Waals surface area contributed by atoms with Crippen LogP contribution in [0.4, 0.5) is 0 Å². The zero-order valence-corrected chi connectivity index (χ0v) is 11.5. The Morgan fingerprint density at radius 2 is 1.67 bits per heavy atom. The van der Waals surface area contributed by atoms with Gasteiger partial charge >= 0.3 is 0 Å². The van der Waals surface area contributed by atoms with Crippen molar-refractivity contribution in [2.45, 2.75) is 4.83 Å². The monoisotopic (exact) mass is 339 g/mol. The Balaban J connectivity index is 3.61. The Morgan fingerprint density at radius 1 is 1.17 bits per heavy atom. The number of rotatable bonds is 7. The molecule has 0 aliphatic rings. The van der Waals surface area contributed by atoms with E-state index in [4.69, 9.17) is 23.2 Å². The Bertz CT molecular complexity index is 99.4. The standard InChI is InChI=1S/C7H13Br2Cl2N/c8-5-7(9)6-12(3-1-10)4-2-11/h7H,1-6H2. The van der Waals surface area contributed by atoms with E-state index in [1.54, 1.807) is 0 Å². The molecule has 0 rings (SSSR count). The van der Waals surface area contributed by atoms with Crippen molar-refractivity contribution in [2.24, 2.45) is 0 Å². The van der Waals surface area contributed by atoms with Crippen LogP contribution in [-0.2, 0) is 0 Å². The topological polar surface area (TPSA) is 3.24 Å².